The number of aryl methyl sites for hydroxylation is 2. The van der Waals surface area contributed by atoms with Crippen LogP contribution in [0.1, 0.15) is 62.8 Å². The second-order valence-corrected chi connectivity index (χ2v) is 18.9. The van der Waals surface area contributed by atoms with E-state index in [1.54, 1.807) is 0 Å². The van der Waals surface area contributed by atoms with E-state index in [9.17, 15) is 0 Å². The van der Waals surface area contributed by atoms with E-state index in [-0.39, 0.29) is 10.8 Å². The Morgan fingerprint density at radius 3 is 1.73 bits per heavy atom. The Hall–Kier alpha value is -7.18. The van der Waals surface area contributed by atoms with Gasteiger partial charge in [0.25, 0.3) is 0 Å². The lowest BCUT2D eigenvalue weighted by Gasteiger charge is -2.44. The van der Waals surface area contributed by atoms with E-state index in [0.29, 0.717) is 23.0 Å². The second-order valence-electron chi connectivity index (χ2n) is 18.9. The van der Waals surface area contributed by atoms with Gasteiger partial charge in [-0.2, -0.15) is 0 Å². The molecule has 0 amide bonds. The van der Waals surface area contributed by atoms with Crippen molar-refractivity contribution in [3.63, 3.8) is 0 Å². The summed E-state index contributed by atoms with van der Waals surface area (Å²) in [5.41, 5.74) is 18.5. The first-order valence-corrected chi connectivity index (χ1v) is 22.5. The third-order valence-electron chi connectivity index (χ3n) is 13.5. The van der Waals surface area contributed by atoms with Crippen molar-refractivity contribution in [3.05, 3.63) is 192 Å². The van der Waals surface area contributed by atoms with Crippen LogP contribution in [-0.2, 0) is 10.8 Å². The van der Waals surface area contributed by atoms with Crippen molar-refractivity contribution in [1.29, 1.82) is 0 Å². The largest absolute Gasteiger partial charge is 0.449 e. The molecule has 0 atom stereocenters. The van der Waals surface area contributed by atoms with Gasteiger partial charge in [-0.3, -0.25) is 0 Å². The topological polar surface area (TPSA) is 37.0 Å². The third kappa shape index (κ3) is 6.89. The standard InChI is InChI=1S/C58H51BN3O2/c1-37-30-44(43-34-54-55(64-53-25-17-16-24-52(53)63-54)36-48(43)60-39-18-10-7-11-19-39)56-51(31-37)62(49-35-46-45(32-38(49)2)57(3,4)28-29-58(46,5)6)50-33-42(26-27-47(50)59-56)61(40-20-12-8-13-21-40)41-22-14-9-15-23-41/h7-27,30-36,60H,28-29H2,1-6H3. The molecule has 0 saturated carbocycles. The van der Waals surface area contributed by atoms with E-state index < -0.39 is 0 Å². The molecular formula is C58H51BN3O2. The number of nitrogens with one attached hydrogen (secondary N) is 1. The summed E-state index contributed by atoms with van der Waals surface area (Å²) in [7, 11) is 2.38. The van der Waals surface area contributed by atoms with Gasteiger partial charge in [0.05, 0.1) is 5.69 Å². The van der Waals surface area contributed by atoms with Crippen LogP contribution in [0.25, 0.3) is 11.1 Å². The van der Waals surface area contributed by atoms with Crippen LogP contribution in [0.5, 0.6) is 23.0 Å². The fraction of sp³-hybridized carbons (Fsp3) is 0.172. The number of hydrogen-bond donors (Lipinski definition) is 1. The van der Waals surface area contributed by atoms with E-state index in [0.717, 1.165) is 80.3 Å². The van der Waals surface area contributed by atoms with Crippen LogP contribution in [0.3, 0.4) is 0 Å². The van der Waals surface area contributed by atoms with Crippen molar-refractivity contribution in [1.82, 2.24) is 0 Å². The highest BCUT2D eigenvalue weighted by Crippen LogP contribution is 2.52. The lowest BCUT2D eigenvalue weighted by Crippen LogP contribution is -2.41. The number of fused-ring (bicyclic) bond motifs is 5. The zero-order valence-electron chi connectivity index (χ0n) is 37.4. The van der Waals surface area contributed by atoms with Gasteiger partial charge in [-0.1, -0.05) is 118 Å². The molecule has 8 aromatic carbocycles. The number of ether oxygens (including phenoxy) is 2. The summed E-state index contributed by atoms with van der Waals surface area (Å²) in [6.07, 6.45) is 2.30. The summed E-state index contributed by atoms with van der Waals surface area (Å²) < 4.78 is 13.1. The van der Waals surface area contributed by atoms with Crippen molar-refractivity contribution in [2.45, 2.75) is 65.2 Å². The maximum absolute atomic E-state index is 6.60. The van der Waals surface area contributed by atoms with E-state index in [2.05, 4.69) is 203 Å². The van der Waals surface area contributed by atoms with E-state index in [1.807, 2.05) is 30.3 Å². The highest BCUT2D eigenvalue weighted by atomic mass is 16.6. The van der Waals surface area contributed by atoms with Gasteiger partial charge in [0.2, 0.25) is 0 Å². The van der Waals surface area contributed by atoms with Gasteiger partial charge in [-0.25, -0.2) is 0 Å². The Morgan fingerprint density at radius 2 is 1.09 bits per heavy atom. The predicted molar refractivity (Wildman–Crippen MR) is 267 cm³/mol. The Morgan fingerprint density at radius 1 is 0.516 bits per heavy atom. The van der Waals surface area contributed by atoms with E-state index in [1.165, 1.54) is 22.4 Å². The number of para-hydroxylation sites is 5. The lowest BCUT2D eigenvalue weighted by atomic mass is 9.57. The summed E-state index contributed by atoms with van der Waals surface area (Å²) in [5.74, 6) is 2.75. The monoisotopic (exact) mass is 832 g/mol. The van der Waals surface area contributed by atoms with Crippen LogP contribution in [0.4, 0.5) is 45.5 Å². The van der Waals surface area contributed by atoms with Crippen molar-refractivity contribution in [3.8, 4) is 34.1 Å². The summed E-state index contributed by atoms with van der Waals surface area (Å²) in [6.45, 7) is 14.2. The minimum Gasteiger partial charge on any atom is -0.449 e. The molecular weight excluding hydrogens is 781 g/mol. The van der Waals surface area contributed by atoms with Crippen LogP contribution in [0, 0.1) is 13.8 Å². The molecule has 8 aromatic rings. The van der Waals surface area contributed by atoms with Crippen LogP contribution in [-0.4, -0.2) is 7.28 Å². The van der Waals surface area contributed by atoms with Gasteiger partial charge >= 0.3 is 0 Å². The highest BCUT2D eigenvalue weighted by molar-refractivity contribution is 6.73. The molecule has 0 fully saturated rings. The van der Waals surface area contributed by atoms with Gasteiger partial charge in [-0.15, -0.1) is 0 Å². The average molecular weight is 833 g/mol. The predicted octanol–water partition coefficient (Wildman–Crippen LogP) is 14.9. The first-order chi connectivity index (χ1) is 31.0. The molecule has 1 aliphatic carbocycles. The van der Waals surface area contributed by atoms with Gasteiger partial charge < -0.3 is 24.6 Å². The molecule has 0 unspecified atom stereocenters. The van der Waals surface area contributed by atoms with E-state index in [4.69, 9.17) is 9.47 Å². The number of rotatable bonds is 7. The number of nitrogens with zero attached hydrogens (tertiary/aromatic N) is 2. The smallest absolute Gasteiger partial charge is 0.197 e. The Kier molecular flexibility index (Phi) is 9.46. The first-order valence-electron chi connectivity index (χ1n) is 22.5. The third-order valence-corrected chi connectivity index (χ3v) is 13.5. The molecule has 0 bridgehead atoms. The van der Waals surface area contributed by atoms with Crippen molar-refractivity contribution in [2.24, 2.45) is 0 Å². The summed E-state index contributed by atoms with van der Waals surface area (Å²) in [6, 6.07) is 60.4. The molecule has 0 aromatic heterocycles. The molecule has 11 rings (SSSR count). The lowest BCUT2D eigenvalue weighted by molar-refractivity contribution is 0.332. The zero-order valence-corrected chi connectivity index (χ0v) is 37.4. The van der Waals surface area contributed by atoms with Crippen molar-refractivity contribution >= 4 is 63.7 Å². The Balaban J connectivity index is 1.15. The van der Waals surface area contributed by atoms with E-state index >= 15 is 0 Å². The SMILES string of the molecule is Cc1cc(-c2cc3c(cc2Nc2ccccc2)Oc2ccccc2O3)c2c(c1)N(c1cc3c(cc1C)C(C)(C)CCC3(C)C)c1cc(N(c3ccccc3)c3ccccc3)ccc1[B]2. The Bertz CT molecular complexity index is 3050. The highest BCUT2D eigenvalue weighted by Gasteiger charge is 2.39. The average Bonchev–Trinajstić information content (AvgIpc) is 3.30. The fourth-order valence-corrected chi connectivity index (χ4v) is 10.0. The molecule has 3 aliphatic rings. The molecule has 2 aliphatic heterocycles. The van der Waals surface area contributed by atoms with Crippen LogP contribution < -0.4 is 35.5 Å². The van der Waals surface area contributed by atoms with Crippen LogP contribution in [0.2, 0.25) is 0 Å². The quantitative estimate of drug-likeness (QED) is 0.162. The fourth-order valence-electron chi connectivity index (χ4n) is 10.0. The molecule has 5 nitrogen and oxygen atoms in total. The molecule has 1 N–H and O–H groups in total. The van der Waals surface area contributed by atoms with Crippen molar-refractivity contribution in [2.75, 3.05) is 15.1 Å². The van der Waals surface area contributed by atoms with Gasteiger partial charge in [0, 0.05) is 51.4 Å². The number of hydrogen-bond acceptors (Lipinski definition) is 5. The van der Waals surface area contributed by atoms with Gasteiger partial charge in [0.15, 0.2) is 30.3 Å². The maximum atomic E-state index is 6.60. The second kappa shape index (κ2) is 15.3. The van der Waals surface area contributed by atoms with Gasteiger partial charge in [-0.05, 0) is 150 Å². The molecule has 2 heterocycles. The summed E-state index contributed by atoms with van der Waals surface area (Å²) in [5, 5.41) is 3.78. The molecule has 0 spiro atoms. The number of anilines is 8. The Labute approximate surface area is 378 Å². The van der Waals surface area contributed by atoms with Crippen LogP contribution in [0.15, 0.2) is 170 Å². The molecule has 313 valence electrons. The first kappa shape index (κ1) is 39.7. The normalized spacial score (nSPS) is 14.9. The zero-order chi connectivity index (χ0) is 43.7. The molecule has 0 saturated heterocycles. The molecule has 1 radical (unpaired) electrons. The van der Waals surface area contributed by atoms with Crippen molar-refractivity contribution < 1.29 is 9.47 Å². The minimum atomic E-state index is 0.0275. The minimum absolute atomic E-state index is 0.0275. The maximum Gasteiger partial charge on any atom is 0.197 e. The number of benzene rings is 8. The molecule has 64 heavy (non-hydrogen) atoms. The summed E-state index contributed by atoms with van der Waals surface area (Å²) >= 11 is 0. The van der Waals surface area contributed by atoms with Gasteiger partial charge in [0.1, 0.15) is 0 Å². The molecule has 6 heteroatoms. The summed E-state index contributed by atoms with van der Waals surface area (Å²) in [4.78, 5) is 4.90. The van der Waals surface area contributed by atoms with Crippen LogP contribution >= 0.6 is 0 Å².